The average molecular weight is 474 g/mol. The Bertz CT molecular complexity index is 1040. The summed E-state index contributed by atoms with van der Waals surface area (Å²) >= 11 is 0. The number of carbonyl (C=O) groups is 3. The van der Waals surface area contributed by atoms with Crippen LogP contribution in [0.25, 0.3) is 0 Å². The van der Waals surface area contributed by atoms with Crippen LogP contribution in [0.4, 0.5) is 0 Å². The maximum absolute atomic E-state index is 13.8. The van der Waals surface area contributed by atoms with E-state index in [4.69, 9.17) is 23.7 Å². The Morgan fingerprint density at radius 1 is 1.09 bits per heavy atom. The summed E-state index contributed by atoms with van der Waals surface area (Å²) in [5, 5.41) is 3.23. The van der Waals surface area contributed by atoms with Crippen molar-refractivity contribution in [2.75, 3.05) is 41.7 Å². The molecule has 0 fully saturated rings. The molecule has 1 heterocycles. The molecule has 1 N–H and O–H groups in total. The lowest BCUT2D eigenvalue weighted by Crippen LogP contribution is -2.43. The lowest BCUT2D eigenvalue weighted by Gasteiger charge is -2.38. The highest BCUT2D eigenvalue weighted by atomic mass is 16.6. The van der Waals surface area contributed by atoms with Crippen molar-refractivity contribution in [3.05, 3.63) is 46.3 Å². The normalized spacial score (nSPS) is 22.1. The molecule has 0 saturated heterocycles. The average Bonchev–Trinajstić information content (AvgIpc) is 2.82. The fourth-order valence-electron chi connectivity index (χ4n) is 4.61. The van der Waals surface area contributed by atoms with Gasteiger partial charge in [0.25, 0.3) is 0 Å². The number of benzene rings is 1. The van der Waals surface area contributed by atoms with E-state index in [-0.39, 0.29) is 30.5 Å². The molecular weight excluding hydrogens is 442 g/mol. The van der Waals surface area contributed by atoms with Gasteiger partial charge in [0.2, 0.25) is 0 Å². The molecule has 1 aromatic rings. The van der Waals surface area contributed by atoms with Crippen LogP contribution < -0.4 is 14.8 Å². The van der Waals surface area contributed by atoms with Gasteiger partial charge in [0, 0.05) is 35.7 Å². The summed E-state index contributed by atoms with van der Waals surface area (Å²) in [4.78, 5) is 39.5. The standard InChI is InChI=1S/C25H31NO8/c1-13-11-17-22(23(27)19(13)24(28)33-6)21(16-8-7-15(31-4)12-18(16)32-5)20(14(2)26-17)25(29)34-10-9-30-3/h7-8,12-13,19,21,26H,9-11H2,1-6H3/t13-,19-,21-/m1/s1. The maximum Gasteiger partial charge on any atom is 0.336 e. The van der Waals surface area contributed by atoms with Gasteiger partial charge in [-0.15, -0.1) is 0 Å². The van der Waals surface area contributed by atoms with Crippen LogP contribution in [0.3, 0.4) is 0 Å². The Labute approximate surface area is 199 Å². The van der Waals surface area contributed by atoms with Crippen LogP contribution in [0.2, 0.25) is 0 Å². The van der Waals surface area contributed by atoms with Crippen molar-refractivity contribution in [2.24, 2.45) is 11.8 Å². The predicted molar refractivity (Wildman–Crippen MR) is 122 cm³/mol. The Hall–Kier alpha value is -3.33. The molecule has 3 atom stereocenters. The summed E-state index contributed by atoms with van der Waals surface area (Å²) in [6.45, 7) is 3.89. The fourth-order valence-corrected chi connectivity index (χ4v) is 4.61. The highest BCUT2D eigenvalue weighted by molar-refractivity contribution is 6.12. The molecule has 0 unspecified atom stereocenters. The van der Waals surface area contributed by atoms with Crippen LogP contribution >= 0.6 is 0 Å². The lowest BCUT2D eigenvalue weighted by atomic mass is 9.69. The van der Waals surface area contributed by atoms with Gasteiger partial charge in [0.1, 0.15) is 24.0 Å². The minimum Gasteiger partial charge on any atom is -0.497 e. The summed E-state index contributed by atoms with van der Waals surface area (Å²) in [7, 11) is 5.81. The number of hydrogen-bond donors (Lipinski definition) is 1. The third kappa shape index (κ3) is 4.65. The van der Waals surface area contributed by atoms with Gasteiger partial charge >= 0.3 is 11.9 Å². The summed E-state index contributed by atoms with van der Waals surface area (Å²) in [6, 6.07) is 5.18. The van der Waals surface area contributed by atoms with Gasteiger partial charge in [-0.3, -0.25) is 9.59 Å². The van der Waals surface area contributed by atoms with Crippen molar-refractivity contribution >= 4 is 17.7 Å². The number of methoxy groups -OCH3 is 4. The van der Waals surface area contributed by atoms with Crippen LogP contribution in [0.5, 0.6) is 11.5 Å². The number of Topliss-reactive ketones (excluding diaryl/α,β-unsaturated/α-hetero) is 1. The SMILES string of the molecule is COCCOC(=O)C1=C(C)NC2=C(C(=O)[C@H](C(=O)OC)[C@H](C)C2)[C@@H]1c1ccc(OC)cc1OC. The molecule has 0 bridgehead atoms. The Balaban J connectivity index is 2.20. The third-order valence-electron chi connectivity index (χ3n) is 6.24. The van der Waals surface area contributed by atoms with Gasteiger partial charge in [-0.2, -0.15) is 0 Å². The number of ether oxygens (including phenoxy) is 5. The highest BCUT2D eigenvalue weighted by Gasteiger charge is 2.47. The molecule has 1 aromatic carbocycles. The first kappa shape index (κ1) is 25.3. The Morgan fingerprint density at radius 2 is 1.82 bits per heavy atom. The number of ketones is 1. The van der Waals surface area contributed by atoms with Crippen LogP contribution in [0.1, 0.15) is 31.7 Å². The van der Waals surface area contributed by atoms with Gasteiger partial charge in [-0.05, 0) is 25.3 Å². The van der Waals surface area contributed by atoms with E-state index < -0.39 is 23.8 Å². The first-order valence-electron chi connectivity index (χ1n) is 11.0. The number of nitrogens with one attached hydrogen (secondary N) is 1. The number of carbonyl (C=O) groups excluding carboxylic acids is 3. The number of rotatable bonds is 8. The smallest absolute Gasteiger partial charge is 0.336 e. The summed E-state index contributed by atoms with van der Waals surface area (Å²) in [5.74, 6) is -2.62. The van der Waals surface area contributed by atoms with E-state index >= 15 is 0 Å². The van der Waals surface area contributed by atoms with E-state index in [1.807, 2.05) is 6.92 Å². The molecular formula is C25H31NO8. The second kappa shape index (κ2) is 10.7. The third-order valence-corrected chi connectivity index (χ3v) is 6.24. The number of hydrogen-bond acceptors (Lipinski definition) is 9. The highest BCUT2D eigenvalue weighted by Crippen LogP contribution is 2.48. The Morgan fingerprint density at radius 3 is 2.44 bits per heavy atom. The van der Waals surface area contributed by atoms with Gasteiger partial charge in [-0.1, -0.05) is 13.0 Å². The van der Waals surface area contributed by atoms with Crippen molar-refractivity contribution < 1.29 is 38.1 Å². The van der Waals surface area contributed by atoms with Gasteiger partial charge in [0.15, 0.2) is 5.78 Å². The first-order chi connectivity index (χ1) is 16.3. The first-order valence-corrected chi connectivity index (χ1v) is 11.0. The second-order valence-corrected chi connectivity index (χ2v) is 8.27. The molecule has 2 aliphatic rings. The second-order valence-electron chi connectivity index (χ2n) is 8.27. The molecule has 3 rings (SSSR count). The van der Waals surface area contributed by atoms with Gasteiger partial charge in [-0.25, -0.2) is 4.79 Å². The van der Waals surface area contributed by atoms with Crippen molar-refractivity contribution in [1.29, 1.82) is 0 Å². The van der Waals surface area contributed by atoms with Gasteiger partial charge < -0.3 is 29.0 Å². The number of allylic oxidation sites excluding steroid dienone is 3. The number of esters is 2. The van der Waals surface area contributed by atoms with Crippen molar-refractivity contribution in [1.82, 2.24) is 5.32 Å². The quantitative estimate of drug-likeness (QED) is 0.346. The van der Waals surface area contributed by atoms with Crippen LogP contribution in [-0.4, -0.2) is 59.4 Å². The van der Waals surface area contributed by atoms with E-state index in [0.29, 0.717) is 40.5 Å². The van der Waals surface area contributed by atoms with E-state index in [2.05, 4.69) is 5.32 Å². The summed E-state index contributed by atoms with van der Waals surface area (Å²) < 4.78 is 26.3. The molecule has 1 aliphatic heterocycles. The zero-order chi connectivity index (χ0) is 25.0. The molecule has 0 saturated carbocycles. The van der Waals surface area contributed by atoms with Crippen molar-refractivity contribution in [3.8, 4) is 11.5 Å². The van der Waals surface area contributed by atoms with E-state index in [9.17, 15) is 14.4 Å². The molecule has 9 nitrogen and oxygen atoms in total. The summed E-state index contributed by atoms with van der Waals surface area (Å²) in [5.41, 5.74) is 2.43. The van der Waals surface area contributed by atoms with Crippen molar-refractivity contribution in [3.63, 3.8) is 0 Å². The molecule has 0 aromatic heterocycles. The van der Waals surface area contributed by atoms with E-state index in [0.717, 1.165) is 0 Å². The largest absolute Gasteiger partial charge is 0.497 e. The van der Waals surface area contributed by atoms with Crippen LogP contribution in [-0.2, 0) is 28.6 Å². The monoisotopic (exact) mass is 473 g/mol. The maximum atomic E-state index is 13.8. The molecule has 1 aliphatic carbocycles. The zero-order valence-electron chi connectivity index (χ0n) is 20.4. The molecule has 9 heteroatoms. The van der Waals surface area contributed by atoms with Crippen LogP contribution in [0.15, 0.2) is 40.7 Å². The minimum absolute atomic E-state index is 0.0558. The van der Waals surface area contributed by atoms with Crippen molar-refractivity contribution in [2.45, 2.75) is 26.2 Å². The molecule has 0 amide bonds. The molecule has 0 radical (unpaired) electrons. The zero-order valence-corrected chi connectivity index (χ0v) is 20.4. The van der Waals surface area contributed by atoms with Gasteiger partial charge in [0.05, 0.1) is 39.4 Å². The predicted octanol–water partition coefficient (Wildman–Crippen LogP) is 2.51. The molecule has 0 spiro atoms. The topological polar surface area (TPSA) is 109 Å². The van der Waals surface area contributed by atoms with E-state index in [1.54, 1.807) is 25.1 Å². The summed E-state index contributed by atoms with van der Waals surface area (Å²) in [6.07, 6.45) is 0.444. The number of dihydropyridines is 1. The molecule has 184 valence electrons. The Kier molecular flexibility index (Phi) is 7.98. The van der Waals surface area contributed by atoms with E-state index in [1.165, 1.54) is 28.4 Å². The molecule has 34 heavy (non-hydrogen) atoms. The minimum atomic E-state index is -0.971. The fraction of sp³-hybridized carbons (Fsp3) is 0.480. The lowest BCUT2D eigenvalue weighted by molar-refractivity contribution is -0.151. The van der Waals surface area contributed by atoms with Crippen LogP contribution in [0, 0.1) is 11.8 Å².